The summed E-state index contributed by atoms with van der Waals surface area (Å²) in [5.74, 6) is 1.94. The van der Waals surface area contributed by atoms with E-state index in [9.17, 15) is 9.59 Å². The van der Waals surface area contributed by atoms with Crippen molar-refractivity contribution in [2.75, 3.05) is 6.61 Å². The van der Waals surface area contributed by atoms with E-state index in [1.54, 1.807) is 0 Å². The molecule has 5 atom stereocenters. The molecule has 2 saturated carbocycles. The number of nitrogens with zero attached hydrogens (tertiary/aromatic N) is 1. The minimum atomic E-state index is -0.432. The number of carbonyl (C=O) groups is 2. The summed E-state index contributed by atoms with van der Waals surface area (Å²) in [7, 11) is 0. The molecule has 3 aliphatic rings. The molecule has 2 bridgehead atoms. The molecule has 3 rings (SSSR count). The summed E-state index contributed by atoms with van der Waals surface area (Å²) in [6.07, 6.45) is 3.15. The molecule has 0 aromatic heterocycles. The Labute approximate surface area is 114 Å². The number of imide groups is 1. The Balaban J connectivity index is 1.81. The third-order valence-corrected chi connectivity index (χ3v) is 5.53. The second-order valence-electron chi connectivity index (χ2n) is 6.81. The zero-order chi connectivity index (χ0) is 13.7. The molecule has 0 N–H and O–H groups in total. The number of hydrogen-bond donors (Lipinski definition) is 0. The van der Waals surface area contributed by atoms with Crippen molar-refractivity contribution in [1.29, 1.82) is 0 Å². The summed E-state index contributed by atoms with van der Waals surface area (Å²) in [4.78, 5) is 26.1. The van der Waals surface area contributed by atoms with Crippen LogP contribution in [0.4, 0.5) is 4.79 Å². The highest BCUT2D eigenvalue weighted by Gasteiger charge is 2.52. The molecule has 0 aromatic carbocycles. The minimum Gasteiger partial charge on any atom is -0.447 e. The molecule has 0 radical (unpaired) electrons. The monoisotopic (exact) mass is 265 g/mol. The van der Waals surface area contributed by atoms with Crippen molar-refractivity contribution in [2.45, 2.75) is 46.1 Å². The lowest BCUT2D eigenvalue weighted by Gasteiger charge is -2.32. The van der Waals surface area contributed by atoms with Crippen LogP contribution in [-0.4, -0.2) is 29.5 Å². The second-order valence-corrected chi connectivity index (χ2v) is 6.81. The topological polar surface area (TPSA) is 46.6 Å². The van der Waals surface area contributed by atoms with Gasteiger partial charge in [-0.3, -0.25) is 4.79 Å². The largest absolute Gasteiger partial charge is 0.447 e. The average molecular weight is 265 g/mol. The van der Waals surface area contributed by atoms with Gasteiger partial charge in [0, 0.05) is 5.92 Å². The molecule has 2 aliphatic carbocycles. The SMILES string of the molecule is CC(C)[C@H]1COC(=O)N1C(=O)[C@H]1[C@H]2CC[C@H](C2)[C@@H]1C. The van der Waals surface area contributed by atoms with Gasteiger partial charge in [-0.1, -0.05) is 20.8 Å². The standard InChI is InChI=1S/C15H23NO3/c1-8(2)12-7-19-15(18)16(12)14(17)13-9(3)10-4-5-11(13)6-10/h8-13H,4-7H2,1-3H3/t9-,10+,11-,12+,13+/m0/s1. The third kappa shape index (κ3) is 1.87. The van der Waals surface area contributed by atoms with E-state index in [1.165, 1.54) is 17.7 Å². The number of cyclic esters (lactones) is 1. The number of rotatable bonds is 2. The molecule has 2 amide bonds. The maximum Gasteiger partial charge on any atom is 0.416 e. The smallest absolute Gasteiger partial charge is 0.416 e. The molecule has 1 saturated heterocycles. The van der Waals surface area contributed by atoms with Crippen LogP contribution in [0.25, 0.3) is 0 Å². The van der Waals surface area contributed by atoms with Crippen LogP contribution >= 0.6 is 0 Å². The first-order valence-electron chi connectivity index (χ1n) is 7.50. The molecule has 4 nitrogen and oxygen atoms in total. The fourth-order valence-corrected chi connectivity index (χ4v) is 4.35. The molecule has 4 heteroatoms. The Hall–Kier alpha value is -1.06. The van der Waals surface area contributed by atoms with Crippen LogP contribution in [0.5, 0.6) is 0 Å². The molecular formula is C15H23NO3. The molecule has 1 aliphatic heterocycles. The van der Waals surface area contributed by atoms with E-state index in [-0.39, 0.29) is 23.8 Å². The lowest BCUT2D eigenvalue weighted by atomic mass is 9.79. The van der Waals surface area contributed by atoms with Crippen LogP contribution in [-0.2, 0) is 9.53 Å². The number of ether oxygens (including phenoxy) is 1. The van der Waals surface area contributed by atoms with Crippen LogP contribution in [0, 0.1) is 29.6 Å². The Kier molecular flexibility index (Phi) is 3.06. The average Bonchev–Trinajstić information content (AvgIpc) is 3.01. The van der Waals surface area contributed by atoms with Crippen molar-refractivity contribution < 1.29 is 14.3 Å². The second kappa shape index (κ2) is 4.50. The van der Waals surface area contributed by atoms with E-state index in [4.69, 9.17) is 4.74 Å². The van der Waals surface area contributed by atoms with Gasteiger partial charge in [-0.05, 0) is 42.9 Å². The van der Waals surface area contributed by atoms with Gasteiger partial charge in [0.25, 0.3) is 0 Å². The van der Waals surface area contributed by atoms with Crippen LogP contribution in [0.2, 0.25) is 0 Å². The first-order chi connectivity index (χ1) is 9.00. The predicted octanol–water partition coefficient (Wildman–Crippen LogP) is 2.67. The Morgan fingerprint density at radius 1 is 1.32 bits per heavy atom. The summed E-state index contributed by atoms with van der Waals surface area (Å²) in [5, 5.41) is 0. The Morgan fingerprint density at radius 2 is 2.00 bits per heavy atom. The summed E-state index contributed by atoms with van der Waals surface area (Å²) in [6, 6.07) is -0.0775. The van der Waals surface area contributed by atoms with E-state index >= 15 is 0 Å². The highest BCUT2D eigenvalue weighted by molar-refractivity contribution is 5.95. The number of amides is 2. The normalized spacial score (nSPS) is 41.2. The van der Waals surface area contributed by atoms with E-state index in [0.29, 0.717) is 24.4 Å². The predicted molar refractivity (Wildman–Crippen MR) is 70.3 cm³/mol. The third-order valence-electron chi connectivity index (χ3n) is 5.53. The molecular weight excluding hydrogens is 242 g/mol. The lowest BCUT2D eigenvalue weighted by molar-refractivity contribution is -0.137. The number of hydrogen-bond acceptors (Lipinski definition) is 3. The van der Waals surface area contributed by atoms with E-state index in [2.05, 4.69) is 6.92 Å². The molecule has 19 heavy (non-hydrogen) atoms. The summed E-state index contributed by atoms with van der Waals surface area (Å²) in [6.45, 7) is 6.61. The van der Waals surface area contributed by atoms with Gasteiger partial charge in [0.05, 0.1) is 6.04 Å². The van der Waals surface area contributed by atoms with Crippen LogP contribution in [0.1, 0.15) is 40.0 Å². The van der Waals surface area contributed by atoms with Crippen LogP contribution < -0.4 is 0 Å². The molecule has 1 heterocycles. The zero-order valence-electron chi connectivity index (χ0n) is 12.0. The summed E-state index contributed by atoms with van der Waals surface area (Å²) >= 11 is 0. The highest BCUT2D eigenvalue weighted by Crippen LogP contribution is 2.52. The number of fused-ring (bicyclic) bond motifs is 2. The molecule has 0 spiro atoms. The van der Waals surface area contributed by atoms with E-state index in [0.717, 1.165) is 6.42 Å². The van der Waals surface area contributed by atoms with Crippen molar-refractivity contribution in [2.24, 2.45) is 29.6 Å². The quantitative estimate of drug-likeness (QED) is 0.771. The molecule has 0 unspecified atom stereocenters. The molecule has 0 aromatic rings. The maximum atomic E-state index is 12.8. The van der Waals surface area contributed by atoms with Gasteiger partial charge in [-0.25, -0.2) is 9.69 Å². The van der Waals surface area contributed by atoms with Crippen LogP contribution in [0.3, 0.4) is 0 Å². The summed E-state index contributed by atoms with van der Waals surface area (Å²) < 4.78 is 5.10. The first-order valence-corrected chi connectivity index (χ1v) is 7.50. The van der Waals surface area contributed by atoms with Crippen molar-refractivity contribution in [1.82, 2.24) is 4.90 Å². The van der Waals surface area contributed by atoms with Crippen molar-refractivity contribution in [3.63, 3.8) is 0 Å². The fourth-order valence-electron chi connectivity index (χ4n) is 4.35. The Bertz CT molecular complexity index is 404. The maximum absolute atomic E-state index is 12.8. The van der Waals surface area contributed by atoms with Crippen molar-refractivity contribution in [3.8, 4) is 0 Å². The Morgan fingerprint density at radius 3 is 2.58 bits per heavy atom. The fraction of sp³-hybridized carbons (Fsp3) is 0.867. The first kappa shape index (κ1) is 12.9. The van der Waals surface area contributed by atoms with E-state index in [1.807, 2.05) is 13.8 Å². The van der Waals surface area contributed by atoms with Crippen LogP contribution in [0.15, 0.2) is 0 Å². The lowest BCUT2D eigenvalue weighted by Crippen LogP contribution is -2.47. The van der Waals surface area contributed by atoms with Gasteiger partial charge in [0.1, 0.15) is 6.61 Å². The van der Waals surface area contributed by atoms with Gasteiger partial charge in [-0.15, -0.1) is 0 Å². The van der Waals surface area contributed by atoms with Gasteiger partial charge in [0.2, 0.25) is 5.91 Å². The minimum absolute atomic E-state index is 0.0286. The van der Waals surface area contributed by atoms with Gasteiger partial charge < -0.3 is 4.74 Å². The number of carbonyl (C=O) groups excluding carboxylic acids is 2. The van der Waals surface area contributed by atoms with E-state index < -0.39 is 6.09 Å². The molecule has 3 fully saturated rings. The van der Waals surface area contributed by atoms with Gasteiger partial charge in [0.15, 0.2) is 0 Å². The summed E-state index contributed by atoms with van der Waals surface area (Å²) in [5.41, 5.74) is 0. The molecule has 106 valence electrons. The highest BCUT2D eigenvalue weighted by atomic mass is 16.6. The van der Waals surface area contributed by atoms with Crippen molar-refractivity contribution >= 4 is 12.0 Å². The zero-order valence-corrected chi connectivity index (χ0v) is 12.0. The van der Waals surface area contributed by atoms with Gasteiger partial charge in [-0.2, -0.15) is 0 Å². The van der Waals surface area contributed by atoms with Gasteiger partial charge >= 0.3 is 6.09 Å². The van der Waals surface area contributed by atoms with Crippen molar-refractivity contribution in [3.05, 3.63) is 0 Å².